The number of carbonyl (C=O) groups is 1. The second-order valence-electron chi connectivity index (χ2n) is 4.22. The van der Waals surface area contributed by atoms with E-state index in [0.717, 1.165) is 22.6 Å². The molecule has 2 nitrogen and oxygen atoms in total. The van der Waals surface area contributed by atoms with Crippen molar-refractivity contribution in [2.45, 2.75) is 20.3 Å². The lowest BCUT2D eigenvalue weighted by atomic mass is 10.1. The average Bonchev–Trinajstić information content (AvgIpc) is 2.39. The van der Waals surface area contributed by atoms with E-state index in [9.17, 15) is 4.79 Å². The molecule has 0 bridgehead atoms. The van der Waals surface area contributed by atoms with E-state index in [0.29, 0.717) is 6.42 Å². The fraction of sp³-hybridized carbons (Fsp3) is 0.188. The number of benzene rings is 2. The third-order valence-corrected chi connectivity index (χ3v) is 2.72. The van der Waals surface area contributed by atoms with Crippen LogP contribution in [0.5, 0.6) is 11.5 Å². The third-order valence-electron chi connectivity index (χ3n) is 2.72. The molecule has 0 amide bonds. The number of Topliss-reactive ketones (excluding diaryl/α,β-unsaturated/α-hetero) is 1. The molecular formula is C16H16O2. The van der Waals surface area contributed by atoms with Crippen molar-refractivity contribution in [3.8, 4) is 11.5 Å². The molecule has 2 rings (SSSR count). The van der Waals surface area contributed by atoms with Crippen LogP contribution in [0.15, 0.2) is 48.5 Å². The van der Waals surface area contributed by atoms with Gasteiger partial charge in [0, 0.05) is 12.0 Å². The Hall–Kier alpha value is -2.09. The van der Waals surface area contributed by atoms with E-state index >= 15 is 0 Å². The number of aryl methyl sites for hydroxylation is 1. The van der Waals surface area contributed by atoms with Crippen molar-refractivity contribution in [1.29, 1.82) is 0 Å². The molecule has 2 heteroatoms. The smallest absolute Gasteiger partial charge is 0.162 e. The van der Waals surface area contributed by atoms with Crippen LogP contribution >= 0.6 is 0 Å². The fourth-order valence-electron chi connectivity index (χ4n) is 1.73. The molecule has 0 unspecified atom stereocenters. The SMILES string of the molecule is CCC(=O)c1ccc(Oc2cccc(C)c2)cc1. The molecule has 0 saturated carbocycles. The van der Waals surface area contributed by atoms with Gasteiger partial charge in [0.05, 0.1) is 0 Å². The normalized spacial score (nSPS) is 10.1. The lowest BCUT2D eigenvalue weighted by Gasteiger charge is -2.06. The third kappa shape index (κ3) is 2.98. The molecule has 0 aliphatic heterocycles. The molecule has 0 spiro atoms. The fourth-order valence-corrected chi connectivity index (χ4v) is 1.73. The highest BCUT2D eigenvalue weighted by Gasteiger charge is 2.03. The Morgan fingerprint density at radius 1 is 1.06 bits per heavy atom. The summed E-state index contributed by atoms with van der Waals surface area (Å²) in [5.41, 5.74) is 1.89. The lowest BCUT2D eigenvalue weighted by Crippen LogP contribution is -1.95. The van der Waals surface area contributed by atoms with Crippen molar-refractivity contribution in [1.82, 2.24) is 0 Å². The Morgan fingerprint density at radius 3 is 2.39 bits per heavy atom. The van der Waals surface area contributed by atoms with E-state index in [1.165, 1.54) is 0 Å². The van der Waals surface area contributed by atoms with Gasteiger partial charge in [-0.25, -0.2) is 0 Å². The zero-order chi connectivity index (χ0) is 13.0. The minimum absolute atomic E-state index is 0.150. The quantitative estimate of drug-likeness (QED) is 0.741. The van der Waals surface area contributed by atoms with Crippen LogP contribution in [0.25, 0.3) is 0 Å². The minimum atomic E-state index is 0.150. The standard InChI is InChI=1S/C16H16O2/c1-3-16(17)13-7-9-14(10-8-13)18-15-6-4-5-12(2)11-15/h4-11H,3H2,1-2H3. The van der Waals surface area contributed by atoms with Crippen LogP contribution < -0.4 is 4.74 Å². The molecule has 92 valence electrons. The zero-order valence-corrected chi connectivity index (χ0v) is 10.6. The summed E-state index contributed by atoms with van der Waals surface area (Å²) in [5, 5.41) is 0. The van der Waals surface area contributed by atoms with Gasteiger partial charge in [-0.2, -0.15) is 0 Å². The van der Waals surface area contributed by atoms with Crippen molar-refractivity contribution in [2.75, 3.05) is 0 Å². The zero-order valence-electron chi connectivity index (χ0n) is 10.6. The molecule has 18 heavy (non-hydrogen) atoms. The summed E-state index contributed by atoms with van der Waals surface area (Å²) in [4.78, 5) is 11.5. The van der Waals surface area contributed by atoms with Gasteiger partial charge in [0.2, 0.25) is 0 Å². The summed E-state index contributed by atoms with van der Waals surface area (Å²) < 4.78 is 5.72. The molecule has 0 heterocycles. The maximum atomic E-state index is 11.5. The molecular weight excluding hydrogens is 224 g/mol. The topological polar surface area (TPSA) is 26.3 Å². The van der Waals surface area contributed by atoms with E-state index in [2.05, 4.69) is 0 Å². The van der Waals surface area contributed by atoms with Crippen LogP contribution in [0.3, 0.4) is 0 Å². The summed E-state index contributed by atoms with van der Waals surface area (Å²) >= 11 is 0. The van der Waals surface area contributed by atoms with E-state index in [1.54, 1.807) is 12.1 Å². The first-order valence-electron chi connectivity index (χ1n) is 6.07. The van der Waals surface area contributed by atoms with Crippen molar-refractivity contribution < 1.29 is 9.53 Å². The first kappa shape index (κ1) is 12.4. The number of hydrogen-bond donors (Lipinski definition) is 0. The van der Waals surface area contributed by atoms with Gasteiger partial charge >= 0.3 is 0 Å². The van der Waals surface area contributed by atoms with Crippen LogP contribution in [0.4, 0.5) is 0 Å². The second-order valence-corrected chi connectivity index (χ2v) is 4.22. The van der Waals surface area contributed by atoms with Gasteiger partial charge in [0.15, 0.2) is 5.78 Å². The molecule has 0 radical (unpaired) electrons. The highest BCUT2D eigenvalue weighted by molar-refractivity contribution is 5.95. The predicted molar refractivity (Wildman–Crippen MR) is 72.3 cm³/mol. The van der Waals surface area contributed by atoms with Crippen LogP contribution in [-0.2, 0) is 0 Å². The molecule has 0 saturated heterocycles. The first-order chi connectivity index (χ1) is 8.69. The monoisotopic (exact) mass is 240 g/mol. The summed E-state index contributed by atoms with van der Waals surface area (Å²) in [6, 6.07) is 15.1. The highest BCUT2D eigenvalue weighted by Crippen LogP contribution is 2.22. The minimum Gasteiger partial charge on any atom is -0.457 e. The van der Waals surface area contributed by atoms with Crippen LogP contribution in [-0.4, -0.2) is 5.78 Å². The van der Waals surface area contributed by atoms with Crippen LogP contribution in [0.2, 0.25) is 0 Å². The van der Waals surface area contributed by atoms with Crippen molar-refractivity contribution >= 4 is 5.78 Å². The van der Waals surface area contributed by atoms with Crippen molar-refractivity contribution in [3.05, 3.63) is 59.7 Å². The number of carbonyl (C=O) groups excluding carboxylic acids is 1. The molecule has 0 N–H and O–H groups in total. The first-order valence-corrected chi connectivity index (χ1v) is 6.07. The predicted octanol–water partition coefficient (Wildman–Crippen LogP) is 4.38. The molecule has 0 fully saturated rings. The largest absolute Gasteiger partial charge is 0.457 e. The highest BCUT2D eigenvalue weighted by atomic mass is 16.5. The van der Waals surface area contributed by atoms with Crippen LogP contribution in [0.1, 0.15) is 29.3 Å². The van der Waals surface area contributed by atoms with Gasteiger partial charge in [-0.3, -0.25) is 4.79 Å². The maximum Gasteiger partial charge on any atom is 0.162 e. The number of rotatable bonds is 4. The van der Waals surface area contributed by atoms with Gasteiger partial charge in [0.25, 0.3) is 0 Å². The van der Waals surface area contributed by atoms with Gasteiger partial charge in [0.1, 0.15) is 11.5 Å². The molecule has 0 aliphatic rings. The summed E-state index contributed by atoms with van der Waals surface area (Å²) in [7, 11) is 0. The Bertz CT molecular complexity index is 541. The number of ketones is 1. The van der Waals surface area contributed by atoms with Crippen LogP contribution in [0, 0.1) is 6.92 Å². The Labute approximate surface area is 107 Å². The maximum absolute atomic E-state index is 11.5. The lowest BCUT2D eigenvalue weighted by molar-refractivity contribution is 0.0988. The summed E-state index contributed by atoms with van der Waals surface area (Å²) in [5.74, 6) is 1.70. The number of ether oxygens (including phenoxy) is 1. The summed E-state index contributed by atoms with van der Waals surface area (Å²) in [6.45, 7) is 3.88. The molecule has 0 aromatic heterocycles. The van der Waals surface area contributed by atoms with E-state index in [-0.39, 0.29) is 5.78 Å². The molecule has 2 aromatic carbocycles. The van der Waals surface area contributed by atoms with E-state index in [4.69, 9.17) is 4.74 Å². The van der Waals surface area contributed by atoms with E-state index < -0.39 is 0 Å². The Balaban J connectivity index is 2.13. The molecule has 0 atom stereocenters. The molecule has 2 aromatic rings. The summed E-state index contributed by atoms with van der Waals surface area (Å²) in [6.07, 6.45) is 0.526. The Kier molecular flexibility index (Phi) is 3.78. The number of hydrogen-bond acceptors (Lipinski definition) is 2. The van der Waals surface area contributed by atoms with Gasteiger partial charge in [-0.1, -0.05) is 19.1 Å². The second kappa shape index (κ2) is 5.50. The molecule has 0 aliphatic carbocycles. The van der Waals surface area contributed by atoms with Gasteiger partial charge in [-0.15, -0.1) is 0 Å². The average molecular weight is 240 g/mol. The van der Waals surface area contributed by atoms with Crippen molar-refractivity contribution in [3.63, 3.8) is 0 Å². The van der Waals surface area contributed by atoms with Crippen molar-refractivity contribution in [2.24, 2.45) is 0 Å². The van der Waals surface area contributed by atoms with E-state index in [1.807, 2.05) is 50.2 Å². The van der Waals surface area contributed by atoms with Gasteiger partial charge in [-0.05, 0) is 48.9 Å². The Morgan fingerprint density at radius 2 is 1.78 bits per heavy atom. The van der Waals surface area contributed by atoms with Gasteiger partial charge < -0.3 is 4.74 Å².